The Kier molecular flexibility index (Phi) is 5.36. The van der Waals surface area contributed by atoms with Crippen LogP contribution in [0, 0.1) is 6.92 Å². The molecule has 30 heavy (non-hydrogen) atoms. The van der Waals surface area contributed by atoms with Crippen molar-refractivity contribution in [3.63, 3.8) is 0 Å². The Morgan fingerprint density at radius 2 is 1.87 bits per heavy atom. The van der Waals surface area contributed by atoms with Gasteiger partial charge in [-0.3, -0.25) is 14.6 Å². The highest BCUT2D eigenvalue weighted by atomic mass is 16.2. The lowest BCUT2D eigenvalue weighted by molar-refractivity contribution is 0.0981. The van der Waals surface area contributed by atoms with Crippen LogP contribution in [-0.2, 0) is 12.8 Å². The molecule has 0 saturated carbocycles. The number of amides is 2. The standard InChI is InChI=1S/C25H25N3O2/c1-4-18-10-7-8-16(2)23(18)27-24(29)20-13-21(15-26-14-20)25(30)28-17(3)12-19-9-5-6-11-22(19)28/h5-11,13-15,17H,4,12H2,1-3H3,(H,27,29). The maximum atomic E-state index is 13.3. The molecule has 1 atom stereocenters. The smallest absolute Gasteiger partial charge is 0.260 e. The van der Waals surface area contributed by atoms with E-state index in [0.717, 1.165) is 40.9 Å². The molecule has 5 nitrogen and oxygen atoms in total. The summed E-state index contributed by atoms with van der Waals surface area (Å²) in [4.78, 5) is 32.2. The highest BCUT2D eigenvalue weighted by Gasteiger charge is 2.31. The quantitative estimate of drug-likeness (QED) is 0.686. The van der Waals surface area contributed by atoms with Crippen LogP contribution in [0.2, 0.25) is 0 Å². The van der Waals surface area contributed by atoms with Crippen molar-refractivity contribution in [1.82, 2.24) is 4.98 Å². The lowest BCUT2D eigenvalue weighted by Crippen LogP contribution is -2.36. The molecule has 2 heterocycles. The molecule has 1 aliphatic heterocycles. The molecule has 2 amide bonds. The fourth-order valence-electron chi connectivity index (χ4n) is 4.08. The largest absolute Gasteiger partial charge is 0.321 e. The number of benzene rings is 2. The molecule has 1 aliphatic rings. The molecular weight excluding hydrogens is 374 g/mol. The predicted molar refractivity (Wildman–Crippen MR) is 119 cm³/mol. The van der Waals surface area contributed by atoms with Crippen LogP contribution in [0.1, 0.15) is 51.3 Å². The molecular formula is C25H25N3O2. The number of carbonyl (C=O) groups is 2. The summed E-state index contributed by atoms with van der Waals surface area (Å²) in [5.41, 5.74) is 5.77. The van der Waals surface area contributed by atoms with Gasteiger partial charge in [-0.2, -0.15) is 0 Å². The van der Waals surface area contributed by atoms with Crippen LogP contribution >= 0.6 is 0 Å². The number of fused-ring (bicyclic) bond motifs is 1. The van der Waals surface area contributed by atoms with E-state index in [1.807, 2.05) is 50.2 Å². The maximum Gasteiger partial charge on any atom is 0.260 e. The van der Waals surface area contributed by atoms with Gasteiger partial charge in [-0.25, -0.2) is 0 Å². The molecule has 0 spiro atoms. The van der Waals surface area contributed by atoms with Gasteiger partial charge in [-0.05, 0) is 55.5 Å². The summed E-state index contributed by atoms with van der Waals surface area (Å²) in [7, 11) is 0. The summed E-state index contributed by atoms with van der Waals surface area (Å²) < 4.78 is 0. The van der Waals surface area contributed by atoms with Crippen molar-refractivity contribution in [2.24, 2.45) is 0 Å². The van der Waals surface area contributed by atoms with Crippen molar-refractivity contribution >= 4 is 23.2 Å². The summed E-state index contributed by atoms with van der Waals surface area (Å²) in [5.74, 6) is -0.407. The fourth-order valence-corrected chi connectivity index (χ4v) is 4.08. The third kappa shape index (κ3) is 3.59. The summed E-state index contributed by atoms with van der Waals surface area (Å²) >= 11 is 0. The number of hydrogen-bond acceptors (Lipinski definition) is 3. The van der Waals surface area contributed by atoms with E-state index in [1.54, 1.807) is 11.0 Å². The average molecular weight is 399 g/mol. The molecule has 152 valence electrons. The van der Waals surface area contributed by atoms with Gasteiger partial charge in [0.15, 0.2) is 0 Å². The van der Waals surface area contributed by atoms with E-state index in [4.69, 9.17) is 0 Å². The number of nitrogens with one attached hydrogen (secondary N) is 1. The first-order chi connectivity index (χ1) is 14.5. The van der Waals surface area contributed by atoms with Gasteiger partial charge in [0, 0.05) is 29.8 Å². The molecule has 1 unspecified atom stereocenters. The van der Waals surface area contributed by atoms with Crippen LogP contribution in [0.25, 0.3) is 0 Å². The number of aryl methyl sites for hydroxylation is 2. The van der Waals surface area contributed by atoms with E-state index in [1.165, 1.54) is 12.4 Å². The monoisotopic (exact) mass is 399 g/mol. The molecule has 0 fully saturated rings. The summed E-state index contributed by atoms with van der Waals surface area (Å²) in [5, 5.41) is 3.00. The molecule has 1 N–H and O–H groups in total. The maximum absolute atomic E-state index is 13.3. The zero-order chi connectivity index (χ0) is 21.3. The average Bonchev–Trinajstić information content (AvgIpc) is 3.10. The van der Waals surface area contributed by atoms with Crippen molar-refractivity contribution in [3.05, 3.63) is 88.7 Å². The zero-order valence-electron chi connectivity index (χ0n) is 17.5. The molecule has 2 aromatic carbocycles. The van der Waals surface area contributed by atoms with E-state index in [-0.39, 0.29) is 17.9 Å². The second kappa shape index (κ2) is 8.11. The first kappa shape index (κ1) is 19.8. The molecule has 0 bridgehead atoms. The first-order valence-electron chi connectivity index (χ1n) is 10.3. The van der Waals surface area contributed by atoms with Crippen molar-refractivity contribution in [2.45, 2.75) is 39.7 Å². The highest BCUT2D eigenvalue weighted by molar-refractivity contribution is 6.10. The molecule has 5 heteroatoms. The molecule has 1 aromatic heterocycles. The second-order valence-corrected chi connectivity index (χ2v) is 7.74. The lowest BCUT2D eigenvalue weighted by atomic mass is 10.1. The Bertz CT molecular complexity index is 1120. The molecule has 4 rings (SSSR count). The minimum atomic E-state index is -0.268. The SMILES string of the molecule is CCc1cccc(C)c1NC(=O)c1cncc(C(=O)N2c3ccccc3CC2C)c1. The van der Waals surface area contributed by atoms with Crippen molar-refractivity contribution in [2.75, 3.05) is 10.2 Å². The van der Waals surface area contributed by atoms with Gasteiger partial charge < -0.3 is 10.2 Å². The van der Waals surface area contributed by atoms with Crippen molar-refractivity contribution < 1.29 is 9.59 Å². The Morgan fingerprint density at radius 1 is 1.10 bits per heavy atom. The van der Waals surface area contributed by atoms with Gasteiger partial charge in [0.2, 0.25) is 0 Å². The predicted octanol–water partition coefficient (Wildman–Crippen LogP) is 4.80. The third-order valence-corrected chi connectivity index (χ3v) is 5.65. The summed E-state index contributed by atoms with van der Waals surface area (Å²) in [6.45, 7) is 6.06. The number of anilines is 2. The Balaban J connectivity index is 1.61. The lowest BCUT2D eigenvalue weighted by Gasteiger charge is -2.23. The van der Waals surface area contributed by atoms with Crippen molar-refractivity contribution in [1.29, 1.82) is 0 Å². The van der Waals surface area contributed by atoms with Crippen molar-refractivity contribution in [3.8, 4) is 0 Å². The number of pyridine rings is 1. The van der Waals surface area contributed by atoms with Crippen LogP contribution in [0.3, 0.4) is 0 Å². The molecule has 0 radical (unpaired) electrons. The van der Waals surface area contributed by atoms with Crippen LogP contribution in [0.4, 0.5) is 11.4 Å². The van der Waals surface area contributed by atoms with Crippen LogP contribution in [0.5, 0.6) is 0 Å². The van der Waals surface area contributed by atoms with E-state index < -0.39 is 0 Å². The minimum Gasteiger partial charge on any atom is -0.321 e. The van der Waals surface area contributed by atoms with Crippen LogP contribution < -0.4 is 10.2 Å². The van der Waals surface area contributed by atoms with E-state index in [2.05, 4.69) is 23.3 Å². The summed E-state index contributed by atoms with van der Waals surface area (Å²) in [6, 6.07) is 15.6. The topological polar surface area (TPSA) is 62.3 Å². The number of nitrogens with zero attached hydrogens (tertiary/aromatic N) is 2. The zero-order valence-corrected chi connectivity index (χ0v) is 17.5. The highest BCUT2D eigenvalue weighted by Crippen LogP contribution is 2.33. The molecule has 0 aliphatic carbocycles. The normalized spacial score (nSPS) is 15.0. The van der Waals surface area contributed by atoms with Gasteiger partial charge in [0.05, 0.1) is 11.1 Å². The van der Waals surface area contributed by atoms with Gasteiger partial charge >= 0.3 is 0 Å². The van der Waals surface area contributed by atoms with Gasteiger partial charge in [-0.1, -0.05) is 43.3 Å². The van der Waals surface area contributed by atoms with E-state index in [9.17, 15) is 9.59 Å². The molecule has 0 saturated heterocycles. The van der Waals surface area contributed by atoms with Gasteiger partial charge in [0.1, 0.15) is 0 Å². The Labute approximate surface area is 176 Å². The van der Waals surface area contributed by atoms with Gasteiger partial charge in [-0.15, -0.1) is 0 Å². The van der Waals surface area contributed by atoms with Crippen LogP contribution in [0.15, 0.2) is 60.9 Å². The minimum absolute atomic E-state index is 0.0615. The third-order valence-electron chi connectivity index (χ3n) is 5.65. The first-order valence-corrected chi connectivity index (χ1v) is 10.3. The Hall–Kier alpha value is -3.47. The number of aromatic nitrogens is 1. The number of para-hydroxylation sites is 2. The number of rotatable bonds is 4. The van der Waals surface area contributed by atoms with Gasteiger partial charge in [0.25, 0.3) is 11.8 Å². The number of hydrogen-bond donors (Lipinski definition) is 1. The van der Waals surface area contributed by atoms with Crippen LogP contribution in [-0.4, -0.2) is 22.8 Å². The fraction of sp³-hybridized carbons (Fsp3) is 0.240. The van der Waals surface area contributed by atoms with E-state index in [0.29, 0.717) is 11.1 Å². The molecule has 3 aromatic rings. The Morgan fingerprint density at radius 3 is 2.67 bits per heavy atom. The van der Waals surface area contributed by atoms with E-state index >= 15 is 0 Å². The second-order valence-electron chi connectivity index (χ2n) is 7.74. The summed E-state index contributed by atoms with van der Waals surface area (Å²) in [6.07, 6.45) is 4.66. The number of carbonyl (C=O) groups excluding carboxylic acids is 2.